The predicted octanol–water partition coefficient (Wildman–Crippen LogP) is 4.47. The minimum atomic E-state index is 0.421. The first kappa shape index (κ1) is 13.5. The lowest BCUT2D eigenvalue weighted by Crippen LogP contribution is -1.98. The fraction of sp³-hybridized carbons (Fsp3) is 0.0526. The number of hydrogen-bond donors (Lipinski definition) is 0. The molecule has 0 saturated heterocycles. The normalized spacial score (nSPS) is 10.8. The summed E-state index contributed by atoms with van der Waals surface area (Å²) in [6.07, 6.45) is 3.10. The fourth-order valence-corrected chi connectivity index (χ4v) is 2.44. The molecule has 0 bridgehead atoms. The Morgan fingerprint density at radius 1 is 0.957 bits per heavy atom. The highest BCUT2D eigenvalue weighted by Crippen LogP contribution is 2.24. The van der Waals surface area contributed by atoms with Crippen LogP contribution in [0.4, 0.5) is 0 Å². The second-order valence-corrected chi connectivity index (χ2v) is 5.18. The van der Waals surface area contributed by atoms with Crippen LogP contribution in [0.25, 0.3) is 22.2 Å². The van der Waals surface area contributed by atoms with Crippen LogP contribution < -0.4 is 4.74 Å². The fourth-order valence-electron chi connectivity index (χ4n) is 2.44. The average molecular weight is 302 g/mol. The van der Waals surface area contributed by atoms with E-state index in [1.165, 1.54) is 6.39 Å². The quantitative estimate of drug-likeness (QED) is 0.558. The molecule has 0 saturated carbocycles. The minimum absolute atomic E-state index is 0.421. The Morgan fingerprint density at radius 2 is 1.91 bits per heavy atom. The number of nitrogens with zero attached hydrogens (tertiary/aromatic N) is 2. The molecule has 0 aliphatic rings. The summed E-state index contributed by atoms with van der Waals surface area (Å²) in [6, 6.07) is 19.8. The van der Waals surface area contributed by atoms with Gasteiger partial charge in [0, 0.05) is 10.9 Å². The number of hydrogen-bond acceptors (Lipinski definition) is 4. The second-order valence-electron chi connectivity index (χ2n) is 5.18. The Labute approximate surface area is 133 Å². The summed E-state index contributed by atoms with van der Waals surface area (Å²) in [5.41, 5.74) is 2.81. The van der Waals surface area contributed by atoms with Crippen LogP contribution in [0, 0.1) is 0 Å². The number of para-hydroxylation sites is 1. The molecule has 0 atom stereocenters. The summed E-state index contributed by atoms with van der Waals surface area (Å²) in [5, 5.41) is 1.13. The Kier molecular flexibility index (Phi) is 3.48. The van der Waals surface area contributed by atoms with Crippen LogP contribution in [0.2, 0.25) is 0 Å². The number of ether oxygens (including phenoxy) is 1. The van der Waals surface area contributed by atoms with Gasteiger partial charge in [0.05, 0.1) is 17.4 Å². The van der Waals surface area contributed by atoms with Crippen molar-refractivity contribution in [2.75, 3.05) is 0 Å². The molecule has 0 aliphatic heterocycles. The van der Waals surface area contributed by atoms with E-state index in [4.69, 9.17) is 9.15 Å². The number of oxazole rings is 1. The van der Waals surface area contributed by atoms with Crippen molar-refractivity contribution >= 4 is 10.9 Å². The third kappa shape index (κ3) is 2.92. The molecule has 0 spiro atoms. The van der Waals surface area contributed by atoms with E-state index in [1.807, 2.05) is 54.6 Å². The van der Waals surface area contributed by atoms with Gasteiger partial charge in [0.15, 0.2) is 12.2 Å². The van der Waals surface area contributed by atoms with Crippen LogP contribution in [0.3, 0.4) is 0 Å². The maximum atomic E-state index is 5.86. The first-order chi connectivity index (χ1) is 11.4. The van der Waals surface area contributed by atoms with Gasteiger partial charge in [-0.05, 0) is 24.3 Å². The Morgan fingerprint density at radius 3 is 2.83 bits per heavy atom. The van der Waals surface area contributed by atoms with Crippen molar-refractivity contribution in [3.8, 4) is 17.1 Å². The van der Waals surface area contributed by atoms with E-state index in [0.29, 0.717) is 6.61 Å². The summed E-state index contributed by atoms with van der Waals surface area (Å²) in [7, 11) is 0. The van der Waals surface area contributed by atoms with Crippen molar-refractivity contribution in [1.29, 1.82) is 0 Å². The molecule has 4 aromatic rings. The van der Waals surface area contributed by atoms with Gasteiger partial charge in [-0.1, -0.05) is 36.4 Å². The molecule has 2 aromatic carbocycles. The Hall–Kier alpha value is -3.14. The molecule has 23 heavy (non-hydrogen) atoms. The second kappa shape index (κ2) is 5.93. The van der Waals surface area contributed by atoms with Crippen LogP contribution in [-0.2, 0) is 6.61 Å². The average Bonchev–Trinajstić information content (AvgIpc) is 3.15. The van der Waals surface area contributed by atoms with Crippen LogP contribution >= 0.6 is 0 Å². The number of rotatable bonds is 4. The maximum absolute atomic E-state index is 5.86. The van der Waals surface area contributed by atoms with Crippen molar-refractivity contribution in [1.82, 2.24) is 9.97 Å². The Bertz CT molecular complexity index is 933. The lowest BCUT2D eigenvalue weighted by molar-refractivity contribution is 0.302. The lowest BCUT2D eigenvalue weighted by Gasteiger charge is -2.07. The monoisotopic (exact) mass is 302 g/mol. The molecule has 0 N–H and O–H groups in total. The summed E-state index contributed by atoms with van der Waals surface area (Å²) in [4.78, 5) is 8.54. The SMILES string of the molecule is c1cc(OCc2ccc3ccccc3n2)cc(-c2cnco2)c1. The summed E-state index contributed by atoms with van der Waals surface area (Å²) < 4.78 is 11.2. The Balaban J connectivity index is 1.53. The van der Waals surface area contributed by atoms with Gasteiger partial charge in [0.1, 0.15) is 12.4 Å². The zero-order valence-electron chi connectivity index (χ0n) is 12.3. The van der Waals surface area contributed by atoms with Crippen molar-refractivity contribution in [3.63, 3.8) is 0 Å². The van der Waals surface area contributed by atoms with E-state index in [0.717, 1.165) is 33.7 Å². The van der Waals surface area contributed by atoms with Crippen molar-refractivity contribution < 1.29 is 9.15 Å². The van der Waals surface area contributed by atoms with E-state index >= 15 is 0 Å². The number of pyridine rings is 1. The van der Waals surface area contributed by atoms with Crippen LogP contribution in [0.1, 0.15) is 5.69 Å². The molecular formula is C19H14N2O2. The summed E-state index contributed by atoms with van der Waals surface area (Å²) in [6.45, 7) is 0.421. The molecule has 112 valence electrons. The van der Waals surface area contributed by atoms with E-state index < -0.39 is 0 Å². The summed E-state index contributed by atoms with van der Waals surface area (Å²) >= 11 is 0. The molecule has 0 fully saturated rings. The lowest BCUT2D eigenvalue weighted by atomic mass is 10.2. The third-order valence-corrected chi connectivity index (χ3v) is 3.59. The molecule has 4 nitrogen and oxygen atoms in total. The smallest absolute Gasteiger partial charge is 0.181 e. The van der Waals surface area contributed by atoms with Crippen molar-refractivity contribution in [2.45, 2.75) is 6.61 Å². The van der Waals surface area contributed by atoms with E-state index in [9.17, 15) is 0 Å². The van der Waals surface area contributed by atoms with E-state index in [-0.39, 0.29) is 0 Å². The molecule has 4 heteroatoms. The van der Waals surface area contributed by atoms with Crippen molar-refractivity contribution in [2.24, 2.45) is 0 Å². The zero-order chi connectivity index (χ0) is 15.5. The van der Waals surface area contributed by atoms with Gasteiger partial charge in [0.2, 0.25) is 0 Å². The van der Waals surface area contributed by atoms with Gasteiger partial charge >= 0.3 is 0 Å². The van der Waals surface area contributed by atoms with E-state index in [2.05, 4.69) is 16.0 Å². The summed E-state index contributed by atoms with van der Waals surface area (Å²) in [5.74, 6) is 1.49. The van der Waals surface area contributed by atoms with Gasteiger partial charge < -0.3 is 9.15 Å². The van der Waals surface area contributed by atoms with Gasteiger partial charge in [-0.25, -0.2) is 9.97 Å². The largest absolute Gasteiger partial charge is 0.487 e. The first-order valence-electron chi connectivity index (χ1n) is 7.35. The molecular weight excluding hydrogens is 288 g/mol. The van der Waals surface area contributed by atoms with Gasteiger partial charge in [-0.15, -0.1) is 0 Å². The first-order valence-corrected chi connectivity index (χ1v) is 7.35. The predicted molar refractivity (Wildman–Crippen MR) is 88.0 cm³/mol. The topological polar surface area (TPSA) is 48.2 Å². The molecule has 0 amide bonds. The molecule has 0 unspecified atom stereocenters. The highest BCUT2D eigenvalue weighted by molar-refractivity contribution is 5.78. The van der Waals surface area contributed by atoms with Gasteiger partial charge in [0.25, 0.3) is 0 Å². The highest BCUT2D eigenvalue weighted by atomic mass is 16.5. The highest BCUT2D eigenvalue weighted by Gasteiger charge is 2.04. The number of fused-ring (bicyclic) bond motifs is 1. The molecule has 2 heterocycles. The number of aromatic nitrogens is 2. The minimum Gasteiger partial charge on any atom is -0.487 e. The molecule has 2 aromatic heterocycles. The van der Waals surface area contributed by atoms with Crippen LogP contribution in [0.5, 0.6) is 5.75 Å². The number of benzene rings is 2. The standard InChI is InChI=1S/C19H14N2O2/c1-2-7-18-14(4-1)8-9-16(21-18)12-22-17-6-3-5-15(10-17)19-11-20-13-23-19/h1-11,13H,12H2. The third-order valence-electron chi connectivity index (χ3n) is 3.59. The maximum Gasteiger partial charge on any atom is 0.181 e. The van der Waals surface area contributed by atoms with Gasteiger partial charge in [-0.2, -0.15) is 0 Å². The van der Waals surface area contributed by atoms with Crippen molar-refractivity contribution in [3.05, 3.63) is 78.9 Å². The van der Waals surface area contributed by atoms with E-state index in [1.54, 1.807) is 6.20 Å². The molecule has 0 radical (unpaired) electrons. The van der Waals surface area contributed by atoms with Crippen LogP contribution in [0.15, 0.2) is 77.7 Å². The molecule has 4 rings (SSSR count). The zero-order valence-corrected chi connectivity index (χ0v) is 12.3. The van der Waals surface area contributed by atoms with Crippen LogP contribution in [-0.4, -0.2) is 9.97 Å². The molecule has 0 aliphatic carbocycles. The van der Waals surface area contributed by atoms with Gasteiger partial charge in [-0.3, -0.25) is 0 Å².